The van der Waals surface area contributed by atoms with Gasteiger partial charge in [0.05, 0.1) is 23.6 Å². The standard InChI is InChI=1S/C34H30F3N7O6/c1-3-28(45)44-27(12-13-29(46)47)32(50)41-22-8-5-9-23(15-22)43-33-38-17-25(18-39-33)42-31(49)26-16-24(11-10-19(26)2)40-30(48)20-6-4-7-21(14-20)34(35,36)37/h3-11,14-18,27H,1,12-13H2,2H3,(H,40,48)(H,41,50)(H,42,49)(H,44,45)(H,46,47)(H,38,39,43)/t27-/m0/s1. The van der Waals surface area contributed by atoms with Gasteiger partial charge in [-0.1, -0.05) is 24.8 Å². The molecule has 16 heteroatoms. The summed E-state index contributed by atoms with van der Waals surface area (Å²) < 4.78 is 39.2. The van der Waals surface area contributed by atoms with Crippen molar-refractivity contribution < 1.29 is 42.3 Å². The fourth-order valence-electron chi connectivity index (χ4n) is 4.44. The van der Waals surface area contributed by atoms with Crippen LogP contribution in [-0.2, 0) is 20.6 Å². The highest BCUT2D eigenvalue weighted by atomic mass is 19.4. The number of alkyl halides is 3. The Labute approximate surface area is 283 Å². The van der Waals surface area contributed by atoms with Crippen LogP contribution >= 0.6 is 0 Å². The van der Waals surface area contributed by atoms with Gasteiger partial charge in [0.15, 0.2) is 0 Å². The Morgan fingerprint density at radius 2 is 1.50 bits per heavy atom. The quantitative estimate of drug-likeness (QED) is 0.0981. The Morgan fingerprint density at radius 1 is 0.840 bits per heavy atom. The lowest BCUT2D eigenvalue weighted by molar-refractivity contribution is -0.138. The minimum atomic E-state index is -4.61. The Hall–Kier alpha value is -6.58. The second kappa shape index (κ2) is 16.0. The van der Waals surface area contributed by atoms with Crippen molar-refractivity contribution in [3.63, 3.8) is 0 Å². The smallest absolute Gasteiger partial charge is 0.416 e. The maximum atomic E-state index is 13.1. The summed E-state index contributed by atoms with van der Waals surface area (Å²) in [5.41, 5.74) is 0.792. The van der Waals surface area contributed by atoms with Crippen molar-refractivity contribution in [3.8, 4) is 0 Å². The average molecular weight is 690 g/mol. The topological polar surface area (TPSA) is 192 Å². The molecule has 0 fully saturated rings. The minimum absolute atomic E-state index is 0.138. The van der Waals surface area contributed by atoms with E-state index in [0.717, 1.165) is 24.3 Å². The molecular weight excluding hydrogens is 659 g/mol. The molecule has 0 aliphatic rings. The van der Waals surface area contributed by atoms with Crippen LogP contribution in [0.2, 0.25) is 0 Å². The molecule has 0 spiro atoms. The number of carbonyl (C=O) groups is 5. The number of hydrogen-bond acceptors (Lipinski definition) is 8. The number of amides is 4. The van der Waals surface area contributed by atoms with Crippen molar-refractivity contribution >= 4 is 58.3 Å². The first kappa shape index (κ1) is 36.3. The number of halogens is 3. The number of rotatable bonds is 13. The number of aryl methyl sites for hydroxylation is 1. The molecule has 4 amide bonds. The predicted octanol–water partition coefficient (Wildman–Crippen LogP) is 5.53. The summed E-state index contributed by atoms with van der Waals surface area (Å²) in [5, 5.41) is 22.1. The molecule has 13 nitrogen and oxygen atoms in total. The van der Waals surface area contributed by atoms with Crippen LogP contribution in [-0.4, -0.2) is 50.7 Å². The summed E-state index contributed by atoms with van der Waals surface area (Å²) in [7, 11) is 0. The van der Waals surface area contributed by atoms with Gasteiger partial charge >= 0.3 is 12.1 Å². The van der Waals surface area contributed by atoms with Gasteiger partial charge in [-0.2, -0.15) is 13.2 Å². The molecule has 50 heavy (non-hydrogen) atoms. The number of benzene rings is 3. The van der Waals surface area contributed by atoms with Crippen LogP contribution in [0.15, 0.2) is 91.8 Å². The largest absolute Gasteiger partial charge is 0.481 e. The van der Waals surface area contributed by atoms with Crippen LogP contribution in [0.3, 0.4) is 0 Å². The SMILES string of the molecule is C=CC(=O)N[C@@H](CCC(=O)O)C(=O)Nc1cccc(Nc2ncc(NC(=O)c3cc(NC(=O)c4cccc(C(F)(F)F)c4)ccc3C)cn2)c1. The average Bonchev–Trinajstić information content (AvgIpc) is 3.07. The lowest BCUT2D eigenvalue weighted by Crippen LogP contribution is -2.43. The van der Waals surface area contributed by atoms with Crippen molar-refractivity contribution in [2.24, 2.45) is 0 Å². The molecule has 1 heterocycles. The fourth-order valence-corrected chi connectivity index (χ4v) is 4.44. The van der Waals surface area contributed by atoms with E-state index in [9.17, 15) is 37.1 Å². The van der Waals surface area contributed by atoms with E-state index in [0.29, 0.717) is 16.9 Å². The number of carbonyl (C=O) groups excluding carboxylic acids is 4. The summed E-state index contributed by atoms with van der Waals surface area (Å²) in [6, 6.07) is 13.8. The maximum absolute atomic E-state index is 13.1. The Kier molecular flexibility index (Phi) is 11.6. The van der Waals surface area contributed by atoms with E-state index in [1.807, 2.05) is 0 Å². The minimum Gasteiger partial charge on any atom is -0.481 e. The summed E-state index contributed by atoms with van der Waals surface area (Å²) in [6.07, 6.45) is -1.45. The van der Waals surface area contributed by atoms with Crippen LogP contribution in [0.4, 0.5) is 41.9 Å². The summed E-state index contributed by atoms with van der Waals surface area (Å²) >= 11 is 0. The van der Waals surface area contributed by atoms with Crippen LogP contribution in [0.5, 0.6) is 0 Å². The number of nitrogens with one attached hydrogen (secondary N) is 5. The van der Waals surface area contributed by atoms with Crippen LogP contribution in [0, 0.1) is 6.92 Å². The number of nitrogens with zero attached hydrogens (tertiary/aromatic N) is 2. The third-order valence-electron chi connectivity index (χ3n) is 6.95. The lowest BCUT2D eigenvalue weighted by atomic mass is 10.1. The first-order valence-corrected chi connectivity index (χ1v) is 14.8. The molecule has 1 atom stereocenters. The summed E-state index contributed by atoms with van der Waals surface area (Å²) in [4.78, 5) is 69.6. The molecule has 0 saturated heterocycles. The Bertz CT molecular complexity index is 1930. The van der Waals surface area contributed by atoms with Crippen LogP contribution < -0.4 is 26.6 Å². The normalized spacial score (nSPS) is 11.4. The van der Waals surface area contributed by atoms with Gasteiger partial charge in [-0.25, -0.2) is 9.97 Å². The first-order valence-electron chi connectivity index (χ1n) is 14.8. The van der Waals surface area contributed by atoms with Gasteiger partial charge in [0.1, 0.15) is 6.04 Å². The fraction of sp³-hybridized carbons (Fsp3) is 0.147. The molecule has 3 aromatic carbocycles. The second-order valence-electron chi connectivity index (χ2n) is 10.7. The molecule has 0 bridgehead atoms. The molecular formula is C34H30F3N7O6. The molecule has 4 rings (SSSR count). The highest BCUT2D eigenvalue weighted by molar-refractivity contribution is 6.08. The van der Waals surface area contributed by atoms with Gasteiger partial charge < -0.3 is 31.7 Å². The lowest BCUT2D eigenvalue weighted by Gasteiger charge is -2.17. The van der Waals surface area contributed by atoms with Crippen LogP contribution in [0.25, 0.3) is 0 Å². The van der Waals surface area contributed by atoms with Crippen molar-refractivity contribution in [2.75, 3.05) is 21.3 Å². The van der Waals surface area contributed by atoms with Gasteiger partial charge in [0, 0.05) is 34.6 Å². The van der Waals surface area contributed by atoms with E-state index in [2.05, 4.69) is 43.1 Å². The summed E-state index contributed by atoms with van der Waals surface area (Å²) in [6.45, 7) is 5.00. The number of hydrogen-bond donors (Lipinski definition) is 6. The van der Waals surface area contributed by atoms with Gasteiger partial charge in [0.2, 0.25) is 17.8 Å². The Balaban J connectivity index is 1.38. The van der Waals surface area contributed by atoms with E-state index in [4.69, 9.17) is 5.11 Å². The number of carboxylic acids is 1. The number of anilines is 5. The van der Waals surface area contributed by atoms with E-state index in [-0.39, 0.29) is 41.3 Å². The highest BCUT2D eigenvalue weighted by Crippen LogP contribution is 2.30. The molecule has 0 aliphatic carbocycles. The van der Waals surface area contributed by atoms with Gasteiger partial charge in [-0.05, 0) is 73.5 Å². The predicted molar refractivity (Wildman–Crippen MR) is 178 cm³/mol. The third-order valence-corrected chi connectivity index (χ3v) is 6.95. The van der Waals surface area contributed by atoms with E-state index >= 15 is 0 Å². The first-order chi connectivity index (χ1) is 23.7. The zero-order valence-corrected chi connectivity index (χ0v) is 26.3. The van der Waals surface area contributed by atoms with Gasteiger partial charge in [0.25, 0.3) is 11.8 Å². The molecule has 0 radical (unpaired) electrons. The molecule has 6 N–H and O–H groups in total. The third kappa shape index (κ3) is 10.2. The monoisotopic (exact) mass is 689 g/mol. The molecule has 0 saturated carbocycles. The van der Waals surface area contributed by atoms with E-state index < -0.39 is 47.4 Å². The zero-order chi connectivity index (χ0) is 36.4. The number of carboxylic acid groups (broad SMARTS) is 1. The zero-order valence-electron chi connectivity index (χ0n) is 26.3. The van der Waals surface area contributed by atoms with E-state index in [1.165, 1.54) is 30.6 Å². The van der Waals surface area contributed by atoms with Crippen molar-refractivity contribution in [3.05, 3.63) is 114 Å². The van der Waals surface area contributed by atoms with Crippen molar-refractivity contribution in [1.82, 2.24) is 15.3 Å². The molecule has 0 unspecified atom stereocenters. The maximum Gasteiger partial charge on any atom is 0.416 e. The number of aromatic nitrogens is 2. The van der Waals surface area contributed by atoms with Crippen molar-refractivity contribution in [2.45, 2.75) is 32.0 Å². The Morgan fingerprint density at radius 3 is 2.18 bits per heavy atom. The molecule has 4 aromatic rings. The van der Waals surface area contributed by atoms with Gasteiger partial charge in [-0.15, -0.1) is 0 Å². The second-order valence-corrected chi connectivity index (χ2v) is 10.7. The highest BCUT2D eigenvalue weighted by Gasteiger charge is 2.31. The molecule has 0 aliphatic heterocycles. The van der Waals surface area contributed by atoms with E-state index in [1.54, 1.807) is 37.3 Å². The molecule has 258 valence electrons. The van der Waals surface area contributed by atoms with Gasteiger partial charge in [-0.3, -0.25) is 24.0 Å². The van der Waals surface area contributed by atoms with Crippen molar-refractivity contribution in [1.29, 1.82) is 0 Å². The molecule has 1 aromatic heterocycles. The summed E-state index contributed by atoms with van der Waals surface area (Å²) in [5.74, 6) is -3.60. The number of aliphatic carboxylic acids is 1. The van der Waals surface area contributed by atoms with Crippen LogP contribution in [0.1, 0.15) is 44.7 Å².